The summed E-state index contributed by atoms with van der Waals surface area (Å²) in [5.74, 6) is -0.453. The fraction of sp³-hybridized carbons (Fsp3) is 0. The first-order valence-electron chi connectivity index (χ1n) is 6.85. The van der Waals surface area contributed by atoms with Crippen LogP contribution < -0.4 is 10.6 Å². The number of non-ortho nitro benzene ring substituents is 1. The third-order valence-electron chi connectivity index (χ3n) is 2.95. The summed E-state index contributed by atoms with van der Waals surface area (Å²) >= 11 is 16.8. The normalized spacial score (nSPS) is 10.5. The second-order valence-electron chi connectivity index (χ2n) is 4.75. The SMILES string of the molecule is O=C(C=Cc1ccc(Cl)cc1Cl)NC(=S)Nc1ccc([N+](=O)[O-])cc1. The second kappa shape index (κ2) is 8.57. The Balaban J connectivity index is 1.92. The Labute approximate surface area is 158 Å². The van der Waals surface area contributed by atoms with Crippen molar-refractivity contribution in [2.75, 3.05) is 5.32 Å². The van der Waals surface area contributed by atoms with Gasteiger partial charge in [-0.2, -0.15) is 0 Å². The smallest absolute Gasteiger partial charge is 0.269 e. The highest BCUT2D eigenvalue weighted by Gasteiger charge is 2.06. The van der Waals surface area contributed by atoms with Gasteiger partial charge in [-0.3, -0.25) is 20.2 Å². The Morgan fingerprint density at radius 3 is 2.44 bits per heavy atom. The predicted octanol–water partition coefficient (Wildman–Crippen LogP) is 4.43. The van der Waals surface area contributed by atoms with E-state index >= 15 is 0 Å². The number of amides is 1. The molecular formula is C16H11Cl2N3O3S. The van der Waals surface area contributed by atoms with Crippen molar-refractivity contribution in [3.63, 3.8) is 0 Å². The summed E-state index contributed by atoms with van der Waals surface area (Å²) in [6.45, 7) is 0. The molecule has 0 radical (unpaired) electrons. The van der Waals surface area contributed by atoms with Gasteiger partial charge in [0.1, 0.15) is 0 Å². The molecule has 2 N–H and O–H groups in total. The number of hydrogen-bond donors (Lipinski definition) is 2. The average Bonchev–Trinajstić information content (AvgIpc) is 2.54. The average molecular weight is 396 g/mol. The topological polar surface area (TPSA) is 84.3 Å². The van der Waals surface area contributed by atoms with E-state index in [0.29, 0.717) is 21.3 Å². The number of rotatable bonds is 4. The quantitative estimate of drug-likeness (QED) is 0.346. The summed E-state index contributed by atoms with van der Waals surface area (Å²) < 4.78 is 0. The fourth-order valence-electron chi connectivity index (χ4n) is 1.78. The van der Waals surface area contributed by atoms with Gasteiger partial charge in [0.15, 0.2) is 5.11 Å². The molecule has 0 heterocycles. The first-order valence-corrected chi connectivity index (χ1v) is 8.01. The first-order chi connectivity index (χ1) is 11.8. The monoisotopic (exact) mass is 395 g/mol. The summed E-state index contributed by atoms with van der Waals surface area (Å²) in [6, 6.07) is 10.5. The fourth-order valence-corrected chi connectivity index (χ4v) is 2.47. The van der Waals surface area contributed by atoms with E-state index in [4.69, 9.17) is 35.4 Å². The van der Waals surface area contributed by atoms with E-state index < -0.39 is 10.8 Å². The highest BCUT2D eigenvalue weighted by Crippen LogP contribution is 2.21. The summed E-state index contributed by atoms with van der Waals surface area (Å²) in [4.78, 5) is 21.9. The number of nitrogens with one attached hydrogen (secondary N) is 2. The minimum atomic E-state index is -0.503. The summed E-state index contributed by atoms with van der Waals surface area (Å²) in [5, 5.41) is 16.8. The van der Waals surface area contributed by atoms with E-state index in [1.165, 1.54) is 36.4 Å². The Morgan fingerprint density at radius 2 is 1.84 bits per heavy atom. The molecule has 9 heteroatoms. The number of anilines is 1. The molecule has 128 valence electrons. The van der Waals surface area contributed by atoms with Crippen molar-refractivity contribution in [1.82, 2.24) is 5.32 Å². The van der Waals surface area contributed by atoms with E-state index in [9.17, 15) is 14.9 Å². The molecule has 0 aromatic heterocycles. The van der Waals surface area contributed by atoms with Crippen LogP contribution in [-0.4, -0.2) is 15.9 Å². The largest absolute Gasteiger partial charge is 0.332 e. The molecule has 2 aromatic rings. The van der Waals surface area contributed by atoms with E-state index in [1.54, 1.807) is 18.2 Å². The minimum Gasteiger partial charge on any atom is -0.332 e. The number of thiocarbonyl (C=S) groups is 1. The zero-order valence-electron chi connectivity index (χ0n) is 12.5. The van der Waals surface area contributed by atoms with Crippen LogP contribution in [0.15, 0.2) is 48.5 Å². The van der Waals surface area contributed by atoms with Crippen molar-refractivity contribution < 1.29 is 9.72 Å². The lowest BCUT2D eigenvalue weighted by Crippen LogP contribution is -2.32. The number of halogens is 2. The molecule has 0 spiro atoms. The molecule has 2 aromatic carbocycles. The number of nitro groups is 1. The number of carbonyl (C=O) groups excluding carboxylic acids is 1. The van der Waals surface area contributed by atoms with Gasteiger partial charge in [0.05, 0.1) is 4.92 Å². The van der Waals surface area contributed by atoms with E-state index in [-0.39, 0.29) is 10.8 Å². The van der Waals surface area contributed by atoms with Crippen LogP contribution in [0, 0.1) is 10.1 Å². The molecule has 0 aliphatic heterocycles. The molecular weight excluding hydrogens is 385 g/mol. The van der Waals surface area contributed by atoms with Crippen molar-refractivity contribution in [3.05, 3.63) is 74.3 Å². The van der Waals surface area contributed by atoms with Crippen LogP contribution >= 0.6 is 35.4 Å². The van der Waals surface area contributed by atoms with Crippen LogP contribution in [0.1, 0.15) is 5.56 Å². The first kappa shape index (κ1) is 18.9. The molecule has 25 heavy (non-hydrogen) atoms. The van der Waals surface area contributed by atoms with Crippen molar-refractivity contribution in [2.24, 2.45) is 0 Å². The van der Waals surface area contributed by atoms with Gasteiger partial charge in [-0.05, 0) is 48.1 Å². The van der Waals surface area contributed by atoms with Crippen molar-refractivity contribution in [1.29, 1.82) is 0 Å². The highest BCUT2D eigenvalue weighted by molar-refractivity contribution is 7.80. The van der Waals surface area contributed by atoms with E-state index in [2.05, 4.69) is 10.6 Å². The van der Waals surface area contributed by atoms with Gasteiger partial charge in [-0.15, -0.1) is 0 Å². The number of benzene rings is 2. The maximum absolute atomic E-state index is 11.9. The summed E-state index contributed by atoms with van der Waals surface area (Å²) in [5.41, 5.74) is 1.11. The van der Waals surface area contributed by atoms with Gasteiger partial charge in [0, 0.05) is 33.9 Å². The van der Waals surface area contributed by atoms with E-state index in [0.717, 1.165) is 0 Å². The molecule has 0 fully saturated rings. The Kier molecular flexibility index (Phi) is 6.46. The molecule has 0 atom stereocenters. The number of nitro benzene ring substituents is 1. The van der Waals surface area contributed by atoms with Crippen LogP contribution in [0.3, 0.4) is 0 Å². The molecule has 1 amide bonds. The third-order valence-corrected chi connectivity index (χ3v) is 3.72. The molecule has 2 rings (SSSR count). The zero-order valence-corrected chi connectivity index (χ0v) is 14.9. The Hall–Kier alpha value is -2.48. The van der Waals surface area contributed by atoms with Gasteiger partial charge in [0.2, 0.25) is 5.91 Å². The van der Waals surface area contributed by atoms with Gasteiger partial charge >= 0.3 is 0 Å². The Bertz CT molecular complexity index is 854. The molecule has 0 saturated heterocycles. The number of carbonyl (C=O) groups is 1. The van der Waals surface area contributed by atoms with Crippen molar-refractivity contribution >= 4 is 63.9 Å². The van der Waals surface area contributed by atoms with Crippen LogP contribution in [-0.2, 0) is 4.79 Å². The van der Waals surface area contributed by atoms with Crippen LogP contribution in [0.25, 0.3) is 6.08 Å². The van der Waals surface area contributed by atoms with Crippen LogP contribution in [0.2, 0.25) is 10.0 Å². The third kappa shape index (κ3) is 5.82. The van der Waals surface area contributed by atoms with Gasteiger partial charge in [-0.1, -0.05) is 29.3 Å². The lowest BCUT2D eigenvalue weighted by Gasteiger charge is -2.07. The molecule has 0 bridgehead atoms. The van der Waals surface area contributed by atoms with Crippen molar-refractivity contribution in [3.8, 4) is 0 Å². The standard InChI is InChI=1S/C16H11Cl2N3O3S/c17-11-3-1-10(14(18)9-11)2-8-15(22)20-16(25)19-12-4-6-13(7-5-12)21(23)24/h1-9H,(H2,19,20,22,25). The lowest BCUT2D eigenvalue weighted by molar-refractivity contribution is -0.384. The van der Waals surface area contributed by atoms with Gasteiger partial charge in [-0.25, -0.2) is 0 Å². The number of hydrogen-bond acceptors (Lipinski definition) is 4. The zero-order chi connectivity index (χ0) is 18.4. The predicted molar refractivity (Wildman–Crippen MR) is 103 cm³/mol. The maximum Gasteiger partial charge on any atom is 0.269 e. The molecule has 6 nitrogen and oxygen atoms in total. The summed E-state index contributed by atoms with van der Waals surface area (Å²) in [6.07, 6.45) is 2.81. The second-order valence-corrected chi connectivity index (χ2v) is 6.00. The molecule has 0 saturated carbocycles. The van der Waals surface area contributed by atoms with Crippen LogP contribution in [0.5, 0.6) is 0 Å². The van der Waals surface area contributed by atoms with E-state index in [1.807, 2.05) is 0 Å². The maximum atomic E-state index is 11.9. The van der Waals surface area contributed by atoms with Crippen LogP contribution in [0.4, 0.5) is 11.4 Å². The van der Waals surface area contributed by atoms with Gasteiger partial charge in [0.25, 0.3) is 5.69 Å². The van der Waals surface area contributed by atoms with Crippen molar-refractivity contribution in [2.45, 2.75) is 0 Å². The molecule has 0 aliphatic carbocycles. The molecule has 0 aliphatic rings. The highest BCUT2D eigenvalue weighted by atomic mass is 35.5. The number of nitrogens with zero attached hydrogens (tertiary/aromatic N) is 1. The lowest BCUT2D eigenvalue weighted by atomic mass is 10.2. The Morgan fingerprint density at radius 1 is 1.16 bits per heavy atom. The van der Waals surface area contributed by atoms with Gasteiger partial charge < -0.3 is 5.32 Å². The summed E-state index contributed by atoms with van der Waals surface area (Å²) in [7, 11) is 0. The molecule has 0 unspecified atom stereocenters. The minimum absolute atomic E-state index is 0.0386.